The first-order valence-corrected chi connectivity index (χ1v) is 10.1. The van der Waals surface area contributed by atoms with E-state index in [1.807, 2.05) is 30.3 Å². The zero-order valence-electron chi connectivity index (χ0n) is 17.7. The number of esters is 1. The number of carbonyl (C=O) groups excluding carboxylic acids is 3. The third-order valence-corrected chi connectivity index (χ3v) is 5.25. The Balaban J connectivity index is 1.42. The Bertz CT molecular complexity index is 929. The first-order valence-electron chi connectivity index (χ1n) is 10.1. The third-order valence-electron chi connectivity index (χ3n) is 5.25. The lowest BCUT2D eigenvalue weighted by atomic mass is 9.87. The quantitative estimate of drug-likeness (QED) is 0.772. The lowest BCUT2D eigenvalue weighted by Gasteiger charge is -2.28. The molecule has 0 atom stereocenters. The molecule has 2 aromatic rings. The van der Waals surface area contributed by atoms with Gasteiger partial charge in [0.2, 0.25) is 0 Å². The van der Waals surface area contributed by atoms with E-state index in [1.54, 1.807) is 17.0 Å². The van der Waals surface area contributed by atoms with Crippen LogP contribution < -0.4 is 5.32 Å². The highest BCUT2D eigenvalue weighted by molar-refractivity contribution is 5.96. The van der Waals surface area contributed by atoms with Crippen LogP contribution in [-0.4, -0.2) is 42.4 Å². The topological polar surface area (TPSA) is 75.7 Å². The van der Waals surface area contributed by atoms with Crippen molar-refractivity contribution in [3.8, 4) is 0 Å². The molecule has 6 heteroatoms. The van der Waals surface area contributed by atoms with Crippen LogP contribution in [0.5, 0.6) is 0 Å². The highest BCUT2D eigenvalue weighted by atomic mass is 16.5. The van der Waals surface area contributed by atoms with Crippen LogP contribution in [0.1, 0.15) is 47.8 Å². The molecule has 1 aliphatic heterocycles. The molecule has 0 aromatic heterocycles. The average Bonchev–Trinajstić information content (AvgIpc) is 2.74. The van der Waals surface area contributed by atoms with E-state index in [2.05, 4.69) is 32.2 Å². The van der Waals surface area contributed by atoms with E-state index in [4.69, 9.17) is 4.74 Å². The largest absolute Gasteiger partial charge is 0.454 e. The van der Waals surface area contributed by atoms with Gasteiger partial charge < -0.3 is 15.0 Å². The molecule has 0 saturated carbocycles. The van der Waals surface area contributed by atoms with Crippen molar-refractivity contribution in [3.63, 3.8) is 0 Å². The Morgan fingerprint density at radius 1 is 1.00 bits per heavy atom. The number of hydrogen-bond acceptors (Lipinski definition) is 4. The van der Waals surface area contributed by atoms with Gasteiger partial charge in [0.25, 0.3) is 11.8 Å². The zero-order valence-corrected chi connectivity index (χ0v) is 17.7. The third kappa shape index (κ3) is 5.47. The van der Waals surface area contributed by atoms with Crippen molar-refractivity contribution in [2.75, 3.05) is 19.7 Å². The fourth-order valence-corrected chi connectivity index (χ4v) is 3.37. The zero-order chi connectivity index (χ0) is 21.7. The van der Waals surface area contributed by atoms with E-state index in [-0.39, 0.29) is 30.4 Å². The van der Waals surface area contributed by atoms with Crippen molar-refractivity contribution >= 4 is 17.8 Å². The summed E-state index contributed by atoms with van der Waals surface area (Å²) >= 11 is 0. The van der Waals surface area contributed by atoms with E-state index in [0.717, 1.165) is 17.5 Å². The van der Waals surface area contributed by atoms with Gasteiger partial charge in [-0.05, 0) is 40.7 Å². The lowest BCUT2D eigenvalue weighted by molar-refractivity contribution is -0.151. The van der Waals surface area contributed by atoms with Crippen LogP contribution >= 0.6 is 0 Å². The summed E-state index contributed by atoms with van der Waals surface area (Å²) in [5, 5.41) is 2.53. The second kappa shape index (κ2) is 9.11. The van der Waals surface area contributed by atoms with Crippen LogP contribution in [0.4, 0.5) is 0 Å². The van der Waals surface area contributed by atoms with Gasteiger partial charge in [-0.2, -0.15) is 0 Å². The normalized spacial score (nSPS) is 13.4. The smallest absolute Gasteiger partial charge is 0.325 e. The van der Waals surface area contributed by atoms with Crippen LogP contribution in [0, 0.1) is 0 Å². The number of carbonyl (C=O) groups is 3. The molecular formula is C24H28N2O4. The maximum atomic E-state index is 12.3. The molecule has 1 aliphatic rings. The number of benzene rings is 2. The van der Waals surface area contributed by atoms with Crippen molar-refractivity contribution < 1.29 is 19.1 Å². The molecule has 0 bridgehead atoms. The molecule has 1 N–H and O–H groups in total. The second-order valence-corrected chi connectivity index (χ2v) is 8.50. The Labute approximate surface area is 177 Å². The number of rotatable bonds is 5. The number of nitrogens with one attached hydrogen (secondary N) is 1. The van der Waals surface area contributed by atoms with Crippen LogP contribution in [-0.2, 0) is 32.7 Å². The van der Waals surface area contributed by atoms with Gasteiger partial charge in [-0.1, -0.05) is 57.2 Å². The van der Waals surface area contributed by atoms with Crippen molar-refractivity contribution in [1.82, 2.24) is 10.2 Å². The SMILES string of the molecule is CC(C)(C)c1ccc(C(=O)NCC(=O)OCC(=O)N2CCc3ccccc3C2)cc1. The van der Waals surface area contributed by atoms with E-state index < -0.39 is 5.97 Å². The van der Waals surface area contributed by atoms with Gasteiger partial charge in [-0.3, -0.25) is 14.4 Å². The number of hydrogen-bond donors (Lipinski definition) is 1. The van der Waals surface area contributed by atoms with Crippen LogP contribution in [0.25, 0.3) is 0 Å². The molecule has 3 rings (SSSR count). The van der Waals surface area contributed by atoms with Crippen molar-refractivity contribution in [3.05, 3.63) is 70.8 Å². The monoisotopic (exact) mass is 408 g/mol. The predicted molar refractivity (Wildman–Crippen MR) is 114 cm³/mol. The number of ether oxygens (including phenoxy) is 1. The Morgan fingerprint density at radius 2 is 1.67 bits per heavy atom. The van der Waals surface area contributed by atoms with E-state index in [0.29, 0.717) is 18.7 Å². The molecular weight excluding hydrogens is 380 g/mol. The molecule has 1 heterocycles. The molecule has 158 valence electrons. The van der Waals surface area contributed by atoms with Gasteiger partial charge in [0.15, 0.2) is 6.61 Å². The lowest BCUT2D eigenvalue weighted by Crippen LogP contribution is -2.39. The Kier molecular flexibility index (Phi) is 6.55. The average molecular weight is 408 g/mol. The summed E-state index contributed by atoms with van der Waals surface area (Å²) in [6.45, 7) is 6.82. The van der Waals surface area contributed by atoms with Crippen LogP contribution in [0.2, 0.25) is 0 Å². The minimum Gasteiger partial charge on any atom is -0.454 e. The highest BCUT2D eigenvalue weighted by Crippen LogP contribution is 2.22. The van der Waals surface area contributed by atoms with Gasteiger partial charge in [-0.25, -0.2) is 0 Å². The molecule has 30 heavy (non-hydrogen) atoms. The maximum Gasteiger partial charge on any atom is 0.325 e. The van der Waals surface area contributed by atoms with Crippen molar-refractivity contribution in [2.24, 2.45) is 0 Å². The van der Waals surface area contributed by atoms with Gasteiger partial charge in [0, 0.05) is 18.7 Å². The number of nitrogens with zero attached hydrogens (tertiary/aromatic N) is 1. The van der Waals surface area contributed by atoms with Crippen LogP contribution in [0.15, 0.2) is 48.5 Å². The number of fused-ring (bicyclic) bond motifs is 1. The molecule has 0 saturated heterocycles. The Hall–Kier alpha value is -3.15. The fourth-order valence-electron chi connectivity index (χ4n) is 3.37. The molecule has 0 aliphatic carbocycles. The van der Waals surface area contributed by atoms with Crippen molar-refractivity contribution in [2.45, 2.75) is 39.2 Å². The highest BCUT2D eigenvalue weighted by Gasteiger charge is 2.21. The summed E-state index contributed by atoms with van der Waals surface area (Å²) in [4.78, 5) is 38.2. The molecule has 2 amide bonds. The minimum absolute atomic E-state index is 0.00177. The summed E-state index contributed by atoms with van der Waals surface area (Å²) in [7, 11) is 0. The fraction of sp³-hybridized carbons (Fsp3) is 0.375. The maximum absolute atomic E-state index is 12.3. The minimum atomic E-state index is -0.638. The van der Waals surface area contributed by atoms with Gasteiger partial charge in [0.1, 0.15) is 6.54 Å². The first-order chi connectivity index (χ1) is 14.2. The molecule has 6 nitrogen and oxygen atoms in total. The van der Waals surface area contributed by atoms with E-state index >= 15 is 0 Å². The molecule has 0 unspecified atom stereocenters. The van der Waals surface area contributed by atoms with Crippen molar-refractivity contribution in [1.29, 1.82) is 0 Å². The van der Waals surface area contributed by atoms with E-state index in [1.165, 1.54) is 5.56 Å². The standard InChI is InChI=1S/C24H28N2O4/c1-24(2,3)20-10-8-18(9-11-20)23(29)25-14-22(28)30-16-21(27)26-13-12-17-6-4-5-7-19(17)15-26/h4-11H,12-16H2,1-3H3,(H,25,29). The van der Waals surface area contributed by atoms with Gasteiger partial charge in [0.05, 0.1) is 0 Å². The van der Waals surface area contributed by atoms with Gasteiger partial charge >= 0.3 is 5.97 Å². The van der Waals surface area contributed by atoms with Crippen LogP contribution in [0.3, 0.4) is 0 Å². The summed E-state index contributed by atoms with van der Waals surface area (Å²) in [6, 6.07) is 15.3. The predicted octanol–water partition coefficient (Wildman–Crippen LogP) is 2.84. The first kappa shape index (κ1) is 21.6. The summed E-state index contributed by atoms with van der Waals surface area (Å²) < 4.78 is 5.05. The summed E-state index contributed by atoms with van der Waals surface area (Å²) in [6.07, 6.45) is 0.792. The molecule has 2 aromatic carbocycles. The van der Waals surface area contributed by atoms with E-state index in [9.17, 15) is 14.4 Å². The Morgan fingerprint density at radius 3 is 2.33 bits per heavy atom. The van der Waals surface area contributed by atoms with Gasteiger partial charge in [-0.15, -0.1) is 0 Å². The molecule has 0 fully saturated rings. The summed E-state index contributed by atoms with van der Waals surface area (Å²) in [5.74, 6) is -1.23. The molecule has 0 radical (unpaired) electrons. The molecule has 0 spiro atoms. The summed E-state index contributed by atoms with van der Waals surface area (Å²) in [5.41, 5.74) is 3.96. The number of amides is 2. The second-order valence-electron chi connectivity index (χ2n) is 8.50.